The van der Waals surface area contributed by atoms with E-state index in [1.165, 1.54) is 13.3 Å². The molecule has 3 aromatic heterocycles. The summed E-state index contributed by atoms with van der Waals surface area (Å²) in [6.45, 7) is 5.69. The molecule has 0 aliphatic rings. The van der Waals surface area contributed by atoms with Crippen molar-refractivity contribution in [3.63, 3.8) is 0 Å². The molecule has 6 nitrogen and oxygen atoms in total. The highest BCUT2D eigenvalue weighted by Gasteiger charge is 2.11. The number of pyridine rings is 1. The lowest BCUT2D eigenvalue weighted by atomic mass is 10.1. The van der Waals surface area contributed by atoms with Gasteiger partial charge in [0.2, 0.25) is 0 Å². The number of fused-ring (bicyclic) bond motifs is 1. The zero-order valence-electron chi connectivity index (χ0n) is 12.8. The molecule has 0 aromatic carbocycles. The van der Waals surface area contributed by atoms with Gasteiger partial charge in [-0.15, -0.1) is 6.58 Å². The highest BCUT2D eigenvalue weighted by molar-refractivity contribution is 5.93. The van der Waals surface area contributed by atoms with E-state index >= 15 is 0 Å². The minimum absolute atomic E-state index is 0.0974. The Balaban J connectivity index is 2.05. The number of hydrogen-bond acceptors (Lipinski definition) is 5. The Bertz CT molecular complexity index is 870. The van der Waals surface area contributed by atoms with Gasteiger partial charge < -0.3 is 9.14 Å². The molecule has 3 rings (SSSR count). The average Bonchev–Trinajstić information content (AvgIpc) is 3.03. The highest BCUT2D eigenvalue weighted by atomic mass is 16.5. The molecule has 0 unspecified atom stereocenters. The molecular weight excluding hydrogens is 292 g/mol. The minimum atomic E-state index is -0.0974. The SMILES string of the molecule is C=CCCOc1cc(-c2cc(C(C)=O)ncn2)cn2ccnc12. The molecule has 6 heteroatoms. The summed E-state index contributed by atoms with van der Waals surface area (Å²) in [5.74, 6) is 0.567. The van der Waals surface area contributed by atoms with E-state index in [-0.39, 0.29) is 5.78 Å². The third-order valence-corrected chi connectivity index (χ3v) is 3.36. The molecule has 0 saturated heterocycles. The summed E-state index contributed by atoms with van der Waals surface area (Å²) in [6.07, 6.45) is 9.39. The van der Waals surface area contributed by atoms with Gasteiger partial charge >= 0.3 is 0 Å². The van der Waals surface area contributed by atoms with E-state index in [0.717, 1.165) is 17.6 Å². The minimum Gasteiger partial charge on any atom is -0.489 e. The summed E-state index contributed by atoms with van der Waals surface area (Å²) in [5.41, 5.74) is 2.61. The van der Waals surface area contributed by atoms with E-state index in [2.05, 4.69) is 21.5 Å². The van der Waals surface area contributed by atoms with Gasteiger partial charge in [0.15, 0.2) is 17.2 Å². The maximum absolute atomic E-state index is 11.5. The van der Waals surface area contributed by atoms with Gasteiger partial charge in [0.05, 0.1) is 12.3 Å². The average molecular weight is 308 g/mol. The van der Waals surface area contributed by atoms with Gasteiger partial charge in [-0.05, 0) is 18.6 Å². The first-order valence-electron chi connectivity index (χ1n) is 7.23. The fourth-order valence-corrected chi connectivity index (χ4v) is 2.21. The van der Waals surface area contributed by atoms with Crippen LogP contribution in [0.5, 0.6) is 5.75 Å². The van der Waals surface area contributed by atoms with Gasteiger partial charge in [-0.3, -0.25) is 4.79 Å². The summed E-state index contributed by atoms with van der Waals surface area (Å²) in [7, 11) is 0. The Hall–Kier alpha value is -3.02. The van der Waals surface area contributed by atoms with Crippen LogP contribution in [0.1, 0.15) is 23.8 Å². The van der Waals surface area contributed by atoms with Crippen molar-refractivity contribution in [3.8, 4) is 17.0 Å². The molecule has 3 aromatic rings. The number of nitrogens with zero attached hydrogens (tertiary/aromatic N) is 4. The number of rotatable bonds is 6. The van der Waals surface area contributed by atoms with E-state index in [4.69, 9.17) is 4.74 Å². The Morgan fingerprint density at radius 2 is 2.22 bits per heavy atom. The molecule has 0 radical (unpaired) electrons. The Labute approximate surface area is 133 Å². The van der Waals surface area contributed by atoms with Crippen molar-refractivity contribution in [1.29, 1.82) is 0 Å². The van der Waals surface area contributed by atoms with Crippen LogP contribution in [0.2, 0.25) is 0 Å². The third-order valence-electron chi connectivity index (χ3n) is 3.36. The van der Waals surface area contributed by atoms with Crippen molar-refractivity contribution in [2.24, 2.45) is 0 Å². The Kier molecular flexibility index (Phi) is 4.14. The highest BCUT2D eigenvalue weighted by Crippen LogP contribution is 2.26. The number of carbonyl (C=O) groups excluding carboxylic acids is 1. The predicted molar refractivity (Wildman–Crippen MR) is 86.5 cm³/mol. The number of carbonyl (C=O) groups is 1. The zero-order valence-corrected chi connectivity index (χ0v) is 12.8. The standard InChI is InChI=1S/C17H16N4O2/c1-3-4-7-23-16-8-13(10-21-6-5-18-17(16)21)15-9-14(12(2)22)19-11-20-15/h3,5-6,8-11H,1,4,7H2,2H3. The van der Waals surface area contributed by atoms with Crippen molar-refractivity contribution in [1.82, 2.24) is 19.4 Å². The Morgan fingerprint density at radius 3 is 3.00 bits per heavy atom. The summed E-state index contributed by atoms with van der Waals surface area (Å²) in [6, 6.07) is 3.55. The van der Waals surface area contributed by atoms with Crippen LogP contribution in [0.3, 0.4) is 0 Å². The summed E-state index contributed by atoms with van der Waals surface area (Å²) < 4.78 is 7.66. The van der Waals surface area contributed by atoms with Crippen LogP contribution < -0.4 is 4.74 Å². The molecule has 0 fully saturated rings. The van der Waals surface area contributed by atoms with Gasteiger partial charge in [-0.2, -0.15) is 0 Å². The zero-order chi connectivity index (χ0) is 16.2. The van der Waals surface area contributed by atoms with Crippen LogP contribution in [0, 0.1) is 0 Å². The molecule has 0 aliphatic heterocycles. The largest absolute Gasteiger partial charge is 0.489 e. The number of hydrogen-bond donors (Lipinski definition) is 0. The number of aromatic nitrogens is 4. The fraction of sp³-hybridized carbons (Fsp3) is 0.176. The summed E-state index contributed by atoms with van der Waals surface area (Å²) in [4.78, 5) is 24.0. The van der Waals surface area contributed by atoms with E-state index in [0.29, 0.717) is 23.7 Å². The smallest absolute Gasteiger partial charge is 0.179 e. The first-order chi connectivity index (χ1) is 11.2. The number of ether oxygens (including phenoxy) is 1. The molecular formula is C17H16N4O2. The van der Waals surface area contributed by atoms with Gasteiger partial charge in [0.1, 0.15) is 12.0 Å². The van der Waals surface area contributed by atoms with Crippen LogP contribution >= 0.6 is 0 Å². The number of imidazole rings is 1. The lowest BCUT2D eigenvalue weighted by Gasteiger charge is -2.09. The van der Waals surface area contributed by atoms with Gasteiger partial charge in [0, 0.05) is 31.1 Å². The van der Waals surface area contributed by atoms with E-state index in [9.17, 15) is 4.79 Å². The van der Waals surface area contributed by atoms with Gasteiger partial charge in [-0.25, -0.2) is 15.0 Å². The quantitative estimate of drug-likeness (QED) is 0.398. The predicted octanol–water partition coefficient (Wildman–Crippen LogP) is 2.95. The number of ketones is 1. The molecule has 116 valence electrons. The first kappa shape index (κ1) is 14.9. The molecule has 0 amide bonds. The topological polar surface area (TPSA) is 69.4 Å². The molecule has 0 saturated carbocycles. The molecule has 0 aliphatic carbocycles. The lowest BCUT2D eigenvalue weighted by Crippen LogP contribution is -2.01. The lowest BCUT2D eigenvalue weighted by molar-refractivity contribution is 0.101. The second kappa shape index (κ2) is 6.39. The van der Waals surface area contributed by atoms with E-state index < -0.39 is 0 Å². The van der Waals surface area contributed by atoms with Gasteiger partial charge in [-0.1, -0.05) is 6.08 Å². The van der Waals surface area contributed by atoms with Gasteiger partial charge in [0.25, 0.3) is 0 Å². The molecule has 0 N–H and O–H groups in total. The second-order valence-corrected chi connectivity index (χ2v) is 5.02. The van der Waals surface area contributed by atoms with Crippen molar-refractivity contribution in [3.05, 3.63) is 55.4 Å². The van der Waals surface area contributed by atoms with Crippen LogP contribution in [0.15, 0.2) is 49.7 Å². The first-order valence-corrected chi connectivity index (χ1v) is 7.23. The van der Waals surface area contributed by atoms with Crippen LogP contribution in [-0.4, -0.2) is 31.7 Å². The van der Waals surface area contributed by atoms with Crippen molar-refractivity contribution < 1.29 is 9.53 Å². The van der Waals surface area contributed by atoms with Crippen LogP contribution in [0.25, 0.3) is 16.9 Å². The summed E-state index contributed by atoms with van der Waals surface area (Å²) in [5, 5.41) is 0. The van der Waals surface area contributed by atoms with Crippen LogP contribution in [0.4, 0.5) is 0 Å². The van der Waals surface area contributed by atoms with E-state index in [1.54, 1.807) is 18.3 Å². The normalized spacial score (nSPS) is 10.7. The molecule has 0 bridgehead atoms. The maximum atomic E-state index is 11.5. The van der Waals surface area contributed by atoms with Crippen molar-refractivity contribution >= 4 is 11.4 Å². The molecule has 0 spiro atoms. The molecule has 23 heavy (non-hydrogen) atoms. The van der Waals surface area contributed by atoms with Crippen molar-refractivity contribution in [2.45, 2.75) is 13.3 Å². The Morgan fingerprint density at radius 1 is 1.35 bits per heavy atom. The third kappa shape index (κ3) is 3.11. The second-order valence-electron chi connectivity index (χ2n) is 5.02. The molecule has 3 heterocycles. The van der Waals surface area contributed by atoms with Crippen LogP contribution in [-0.2, 0) is 0 Å². The van der Waals surface area contributed by atoms with Crippen molar-refractivity contribution in [2.75, 3.05) is 6.61 Å². The molecule has 0 atom stereocenters. The monoisotopic (exact) mass is 308 g/mol. The summed E-state index contributed by atoms with van der Waals surface area (Å²) >= 11 is 0. The van der Waals surface area contributed by atoms with E-state index in [1.807, 2.05) is 22.9 Å². The maximum Gasteiger partial charge on any atom is 0.179 e. The number of Topliss-reactive ketones (excluding diaryl/α,β-unsaturated/α-hetero) is 1. The fourth-order valence-electron chi connectivity index (χ4n) is 2.21.